The van der Waals surface area contributed by atoms with Gasteiger partial charge in [0, 0.05) is 22.6 Å². The first-order valence-corrected chi connectivity index (χ1v) is 8.37. The summed E-state index contributed by atoms with van der Waals surface area (Å²) in [6.45, 7) is -0.373. The number of carbonyl (C=O) groups excluding carboxylic acids is 1. The largest absolute Gasteiger partial charge is 0.482 e. The third-order valence-electron chi connectivity index (χ3n) is 3.39. The van der Waals surface area contributed by atoms with Gasteiger partial charge in [0.2, 0.25) is 0 Å². The van der Waals surface area contributed by atoms with E-state index in [0.29, 0.717) is 11.3 Å². The predicted molar refractivity (Wildman–Crippen MR) is 106 cm³/mol. The minimum Gasteiger partial charge on any atom is -0.482 e. The molecule has 144 valence electrons. The van der Waals surface area contributed by atoms with Crippen LogP contribution in [-0.2, 0) is 21.9 Å². The van der Waals surface area contributed by atoms with E-state index in [1.807, 2.05) is 54.6 Å². The summed E-state index contributed by atoms with van der Waals surface area (Å²) >= 11 is 0. The van der Waals surface area contributed by atoms with Crippen LogP contribution in [0.15, 0.2) is 97.1 Å². The van der Waals surface area contributed by atoms with Crippen LogP contribution in [0.25, 0.3) is 6.08 Å². The standard InChI is InChI=1S/C17H14O4.C6H6.Fe/c18-16(14-4-2-1-3-5-14)11-8-13-6-9-15(10-7-13)21-12-17(19)20;1-2-4-6-5-3-1;/h1-11H,12H2,(H,19,20);1-6H;/b11-8+;;. The smallest absolute Gasteiger partial charge is 0.341 e. The molecule has 0 bridgehead atoms. The number of aliphatic carboxylic acids is 1. The summed E-state index contributed by atoms with van der Waals surface area (Å²) in [6, 6.07) is 27.8. The number of hydrogen-bond acceptors (Lipinski definition) is 3. The van der Waals surface area contributed by atoms with Crippen molar-refractivity contribution in [3.05, 3.63) is 108 Å². The molecule has 0 aromatic heterocycles. The molecular weight excluding hydrogens is 396 g/mol. The number of rotatable bonds is 6. The van der Waals surface area contributed by atoms with E-state index in [2.05, 4.69) is 0 Å². The SMILES string of the molecule is O=C(O)COc1ccc(/C=C/C(=O)c2ccccc2)cc1.[Fe].c1ccccc1. The van der Waals surface area contributed by atoms with E-state index in [9.17, 15) is 9.59 Å². The molecule has 3 aromatic rings. The van der Waals surface area contributed by atoms with Crippen LogP contribution < -0.4 is 4.74 Å². The Bertz CT molecular complexity index is 833. The van der Waals surface area contributed by atoms with Crippen LogP contribution in [0.3, 0.4) is 0 Å². The maximum absolute atomic E-state index is 11.9. The summed E-state index contributed by atoms with van der Waals surface area (Å²) in [4.78, 5) is 22.3. The number of ether oxygens (including phenoxy) is 1. The molecule has 0 saturated heterocycles. The molecule has 28 heavy (non-hydrogen) atoms. The number of carboxylic acid groups (broad SMARTS) is 1. The van der Waals surface area contributed by atoms with E-state index < -0.39 is 5.97 Å². The normalized spacial score (nSPS) is 9.57. The zero-order valence-electron chi connectivity index (χ0n) is 15.0. The van der Waals surface area contributed by atoms with E-state index >= 15 is 0 Å². The maximum atomic E-state index is 11.9. The molecule has 0 radical (unpaired) electrons. The molecule has 4 nitrogen and oxygen atoms in total. The number of carbonyl (C=O) groups is 2. The number of allylic oxidation sites excluding steroid dienone is 1. The number of ketones is 1. The van der Waals surface area contributed by atoms with E-state index in [1.165, 1.54) is 6.08 Å². The second-order valence-electron chi connectivity index (χ2n) is 5.47. The molecule has 0 atom stereocenters. The molecule has 0 unspecified atom stereocenters. The molecule has 5 heteroatoms. The predicted octanol–water partition coefficient (Wildman–Crippen LogP) is 4.73. The molecule has 0 heterocycles. The molecule has 3 rings (SSSR count). The van der Waals surface area contributed by atoms with E-state index in [0.717, 1.165) is 5.56 Å². The second-order valence-corrected chi connectivity index (χ2v) is 5.47. The summed E-state index contributed by atoms with van der Waals surface area (Å²) in [6.07, 6.45) is 3.21. The average Bonchev–Trinajstić information content (AvgIpc) is 2.73. The van der Waals surface area contributed by atoms with Gasteiger partial charge in [0.1, 0.15) is 5.75 Å². The first-order chi connectivity index (χ1) is 13.1. The summed E-state index contributed by atoms with van der Waals surface area (Å²) in [5, 5.41) is 8.51. The van der Waals surface area contributed by atoms with Crippen LogP contribution in [-0.4, -0.2) is 23.5 Å². The van der Waals surface area contributed by atoms with Crippen LogP contribution in [0.5, 0.6) is 5.75 Å². The van der Waals surface area contributed by atoms with Gasteiger partial charge >= 0.3 is 5.97 Å². The Morgan fingerprint density at radius 2 is 1.29 bits per heavy atom. The van der Waals surface area contributed by atoms with Crippen molar-refractivity contribution in [2.45, 2.75) is 0 Å². The molecule has 1 N–H and O–H groups in total. The van der Waals surface area contributed by atoms with Crippen molar-refractivity contribution in [1.29, 1.82) is 0 Å². The van der Waals surface area contributed by atoms with Crippen LogP contribution in [0.4, 0.5) is 0 Å². The first-order valence-electron chi connectivity index (χ1n) is 8.37. The first kappa shape index (κ1) is 22.9. The average molecular weight is 416 g/mol. The molecule has 0 aliphatic carbocycles. The van der Waals surface area contributed by atoms with Crippen molar-refractivity contribution in [2.75, 3.05) is 6.61 Å². The van der Waals surface area contributed by atoms with Gasteiger partial charge in [-0.15, -0.1) is 0 Å². The zero-order valence-corrected chi connectivity index (χ0v) is 16.2. The van der Waals surface area contributed by atoms with Gasteiger partial charge in [-0.05, 0) is 23.8 Å². The van der Waals surface area contributed by atoms with Crippen molar-refractivity contribution in [2.24, 2.45) is 0 Å². The van der Waals surface area contributed by atoms with Crippen molar-refractivity contribution < 1.29 is 36.5 Å². The van der Waals surface area contributed by atoms with Gasteiger partial charge < -0.3 is 9.84 Å². The minimum absolute atomic E-state index is 0. The molecule has 0 spiro atoms. The van der Waals surface area contributed by atoms with Gasteiger partial charge in [-0.1, -0.05) is 84.9 Å². The van der Waals surface area contributed by atoms with Crippen LogP contribution in [0, 0.1) is 0 Å². The van der Waals surface area contributed by atoms with E-state index in [4.69, 9.17) is 9.84 Å². The minimum atomic E-state index is -1.02. The maximum Gasteiger partial charge on any atom is 0.341 e. The van der Waals surface area contributed by atoms with E-state index in [-0.39, 0.29) is 29.5 Å². The van der Waals surface area contributed by atoms with Gasteiger partial charge in [-0.3, -0.25) is 4.79 Å². The number of benzene rings is 3. The summed E-state index contributed by atoms with van der Waals surface area (Å²) < 4.78 is 5.03. The molecule has 0 saturated carbocycles. The Hall–Kier alpha value is -3.14. The second kappa shape index (κ2) is 13.1. The Labute approximate surface area is 175 Å². The Kier molecular flexibility index (Phi) is 10.7. The molecule has 3 aromatic carbocycles. The van der Waals surface area contributed by atoms with Gasteiger partial charge in [0.15, 0.2) is 12.4 Å². The summed E-state index contributed by atoms with van der Waals surface area (Å²) in [5.41, 5.74) is 1.47. The third-order valence-corrected chi connectivity index (χ3v) is 3.39. The Morgan fingerprint density at radius 1 is 0.786 bits per heavy atom. The molecule has 0 aliphatic rings. The van der Waals surface area contributed by atoms with Crippen LogP contribution >= 0.6 is 0 Å². The van der Waals surface area contributed by atoms with Crippen LogP contribution in [0.1, 0.15) is 15.9 Å². The van der Waals surface area contributed by atoms with Crippen molar-refractivity contribution in [3.8, 4) is 5.75 Å². The van der Waals surface area contributed by atoms with Gasteiger partial charge in [0.25, 0.3) is 0 Å². The Morgan fingerprint density at radius 3 is 1.79 bits per heavy atom. The van der Waals surface area contributed by atoms with Gasteiger partial charge in [-0.25, -0.2) is 4.79 Å². The fraction of sp³-hybridized carbons (Fsp3) is 0.0435. The van der Waals surface area contributed by atoms with Crippen molar-refractivity contribution in [3.63, 3.8) is 0 Å². The number of hydrogen-bond donors (Lipinski definition) is 1. The van der Waals surface area contributed by atoms with Gasteiger partial charge in [-0.2, -0.15) is 0 Å². The van der Waals surface area contributed by atoms with Crippen molar-refractivity contribution >= 4 is 17.8 Å². The summed E-state index contributed by atoms with van der Waals surface area (Å²) in [7, 11) is 0. The zero-order chi connectivity index (χ0) is 19.3. The fourth-order valence-electron chi connectivity index (χ4n) is 2.08. The fourth-order valence-corrected chi connectivity index (χ4v) is 2.08. The number of carboxylic acids is 1. The molecule has 0 fully saturated rings. The molecule has 0 aliphatic heterocycles. The Balaban J connectivity index is 0.000000478. The molecular formula is C23H20FeO4. The van der Waals surface area contributed by atoms with Crippen LogP contribution in [0.2, 0.25) is 0 Å². The summed E-state index contributed by atoms with van der Waals surface area (Å²) in [5.74, 6) is -0.613. The van der Waals surface area contributed by atoms with Crippen molar-refractivity contribution in [1.82, 2.24) is 0 Å². The monoisotopic (exact) mass is 416 g/mol. The topological polar surface area (TPSA) is 63.6 Å². The van der Waals surface area contributed by atoms with E-state index in [1.54, 1.807) is 42.5 Å². The quantitative estimate of drug-likeness (QED) is 0.359. The van der Waals surface area contributed by atoms with Gasteiger partial charge in [0.05, 0.1) is 0 Å². The molecule has 0 amide bonds. The third kappa shape index (κ3) is 8.99.